The van der Waals surface area contributed by atoms with Crippen LogP contribution in [0.4, 0.5) is 0 Å². The number of ketones is 1. The summed E-state index contributed by atoms with van der Waals surface area (Å²) >= 11 is 6.15. The molecule has 1 fully saturated rings. The van der Waals surface area contributed by atoms with Gasteiger partial charge in [0.1, 0.15) is 5.75 Å². The number of likely N-dealkylation sites (tertiary alicyclic amines) is 1. The molecule has 2 aromatic rings. The lowest BCUT2D eigenvalue weighted by Crippen LogP contribution is -2.40. The summed E-state index contributed by atoms with van der Waals surface area (Å²) in [6.07, 6.45) is 2.51. The Morgan fingerprint density at radius 2 is 1.74 bits per heavy atom. The van der Waals surface area contributed by atoms with Crippen molar-refractivity contribution in [1.29, 1.82) is 0 Å². The Morgan fingerprint density at radius 3 is 2.37 bits per heavy atom. The molecule has 1 amide bonds. The molecule has 2 aromatic carbocycles. The molecule has 1 heterocycles. The van der Waals surface area contributed by atoms with Crippen molar-refractivity contribution < 1.29 is 14.3 Å². The number of hydrogen-bond donors (Lipinski definition) is 0. The molecule has 1 aliphatic heterocycles. The first kappa shape index (κ1) is 19.4. The molecule has 4 nitrogen and oxygen atoms in total. The van der Waals surface area contributed by atoms with E-state index in [2.05, 4.69) is 0 Å². The van der Waals surface area contributed by atoms with Crippen LogP contribution in [0.3, 0.4) is 0 Å². The summed E-state index contributed by atoms with van der Waals surface area (Å²) < 4.78 is 5.13. The Bertz CT molecular complexity index is 795. The van der Waals surface area contributed by atoms with Crippen molar-refractivity contribution in [3.63, 3.8) is 0 Å². The highest BCUT2D eigenvalue weighted by molar-refractivity contribution is 6.31. The SMILES string of the molecule is COc1ccc(C(=O)C2CCN(C(=O)CCc3ccccc3Cl)CC2)cc1. The maximum Gasteiger partial charge on any atom is 0.222 e. The van der Waals surface area contributed by atoms with Gasteiger partial charge in [-0.3, -0.25) is 9.59 Å². The molecule has 0 atom stereocenters. The first-order chi connectivity index (χ1) is 13.1. The van der Waals surface area contributed by atoms with Crippen LogP contribution < -0.4 is 4.74 Å². The molecule has 0 spiro atoms. The summed E-state index contributed by atoms with van der Waals surface area (Å²) in [6.45, 7) is 1.27. The van der Waals surface area contributed by atoms with Crippen molar-refractivity contribution in [3.8, 4) is 5.75 Å². The molecule has 142 valence electrons. The molecular weight excluding hydrogens is 362 g/mol. The first-order valence-corrected chi connectivity index (χ1v) is 9.65. The Morgan fingerprint density at radius 1 is 1.07 bits per heavy atom. The number of aryl methyl sites for hydroxylation is 1. The number of amides is 1. The highest BCUT2D eigenvalue weighted by Gasteiger charge is 2.27. The molecule has 5 heteroatoms. The van der Waals surface area contributed by atoms with Crippen LogP contribution in [0.5, 0.6) is 5.75 Å². The molecule has 0 aromatic heterocycles. The normalized spacial score (nSPS) is 14.8. The third-order valence-electron chi connectivity index (χ3n) is 5.16. The number of ether oxygens (including phenoxy) is 1. The smallest absolute Gasteiger partial charge is 0.222 e. The highest BCUT2D eigenvalue weighted by atomic mass is 35.5. The summed E-state index contributed by atoms with van der Waals surface area (Å²) in [5, 5.41) is 0.703. The quantitative estimate of drug-likeness (QED) is 0.692. The molecule has 3 rings (SSSR count). The zero-order valence-electron chi connectivity index (χ0n) is 15.5. The van der Waals surface area contributed by atoms with Gasteiger partial charge in [0.25, 0.3) is 0 Å². The molecule has 27 heavy (non-hydrogen) atoms. The Kier molecular flexibility index (Phi) is 6.51. The average molecular weight is 386 g/mol. The number of Topliss-reactive ketones (excluding diaryl/α,β-unsaturated/α-hetero) is 1. The van der Waals surface area contributed by atoms with Gasteiger partial charge in [0.15, 0.2) is 5.78 Å². The summed E-state index contributed by atoms with van der Waals surface area (Å²) in [5.74, 6) is 1.00. The van der Waals surface area contributed by atoms with Crippen LogP contribution in [0.2, 0.25) is 5.02 Å². The number of hydrogen-bond acceptors (Lipinski definition) is 3. The molecule has 1 aliphatic rings. The summed E-state index contributed by atoms with van der Waals surface area (Å²) in [4.78, 5) is 27.0. The lowest BCUT2D eigenvalue weighted by Gasteiger charge is -2.31. The monoisotopic (exact) mass is 385 g/mol. The van der Waals surface area contributed by atoms with E-state index in [-0.39, 0.29) is 17.6 Å². The van der Waals surface area contributed by atoms with Crippen molar-refractivity contribution in [2.75, 3.05) is 20.2 Å². The number of methoxy groups -OCH3 is 1. The molecule has 0 N–H and O–H groups in total. The van der Waals surface area contributed by atoms with E-state index in [1.54, 1.807) is 19.2 Å². The van der Waals surface area contributed by atoms with Gasteiger partial charge in [0, 0.05) is 36.0 Å². The van der Waals surface area contributed by atoms with E-state index in [1.165, 1.54) is 0 Å². The van der Waals surface area contributed by atoms with E-state index >= 15 is 0 Å². The summed E-state index contributed by atoms with van der Waals surface area (Å²) in [5.41, 5.74) is 1.70. The number of carbonyl (C=O) groups is 2. The van der Waals surface area contributed by atoms with Crippen molar-refractivity contribution in [1.82, 2.24) is 4.90 Å². The maximum absolute atomic E-state index is 12.7. The molecule has 0 saturated carbocycles. The topological polar surface area (TPSA) is 46.6 Å². The Hall–Kier alpha value is -2.33. The summed E-state index contributed by atoms with van der Waals surface area (Å²) in [7, 11) is 1.61. The van der Waals surface area contributed by atoms with Gasteiger partial charge in [0.2, 0.25) is 5.91 Å². The van der Waals surface area contributed by atoms with Crippen LogP contribution in [0.25, 0.3) is 0 Å². The fourth-order valence-corrected chi connectivity index (χ4v) is 3.71. The molecule has 1 saturated heterocycles. The molecule has 0 unspecified atom stereocenters. The number of carbonyl (C=O) groups excluding carboxylic acids is 2. The minimum Gasteiger partial charge on any atom is -0.497 e. The molecule has 0 aliphatic carbocycles. The fraction of sp³-hybridized carbons (Fsp3) is 0.364. The second-order valence-corrected chi connectivity index (χ2v) is 7.25. The number of piperidine rings is 1. The van der Waals surface area contributed by atoms with Gasteiger partial charge >= 0.3 is 0 Å². The third kappa shape index (κ3) is 4.89. The first-order valence-electron chi connectivity index (χ1n) is 9.28. The second-order valence-electron chi connectivity index (χ2n) is 6.84. The van der Waals surface area contributed by atoms with Gasteiger partial charge < -0.3 is 9.64 Å². The van der Waals surface area contributed by atoms with E-state index in [4.69, 9.17) is 16.3 Å². The molecular formula is C22H24ClNO3. The zero-order valence-corrected chi connectivity index (χ0v) is 16.2. The highest BCUT2D eigenvalue weighted by Crippen LogP contribution is 2.24. The van der Waals surface area contributed by atoms with E-state index in [0.29, 0.717) is 49.4 Å². The van der Waals surface area contributed by atoms with Gasteiger partial charge in [-0.05, 0) is 55.2 Å². The van der Waals surface area contributed by atoms with Crippen LogP contribution in [-0.2, 0) is 11.2 Å². The van der Waals surface area contributed by atoms with Crippen LogP contribution in [-0.4, -0.2) is 36.8 Å². The zero-order chi connectivity index (χ0) is 19.2. The van der Waals surface area contributed by atoms with E-state index in [9.17, 15) is 9.59 Å². The maximum atomic E-state index is 12.7. The predicted molar refractivity (Wildman–Crippen MR) is 106 cm³/mol. The van der Waals surface area contributed by atoms with Crippen molar-refractivity contribution in [2.45, 2.75) is 25.7 Å². The minimum atomic E-state index is -0.0222. The van der Waals surface area contributed by atoms with Gasteiger partial charge in [-0.15, -0.1) is 0 Å². The van der Waals surface area contributed by atoms with Crippen molar-refractivity contribution in [3.05, 3.63) is 64.7 Å². The summed E-state index contributed by atoms with van der Waals surface area (Å²) in [6, 6.07) is 14.8. The average Bonchev–Trinajstić information content (AvgIpc) is 2.72. The van der Waals surface area contributed by atoms with Gasteiger partial charge in [0.05, 0.1) is 7.11 Å². The van der Waals surface area contributed by atoms with Gasteiger partial charge in [-0.25, -0.2) is 0 Å². The number of rotatable bonds is 6. The second kappa shape index (κ2) is 9.05. The number of benzene rings is 2. The minimum absolute atomic E-state index is 0.0222. The van der Waals surface area contributed by atoms with Crippen molar-refractivity contribution in [2.24, 2.45) is 5.92 Å². The van der Waals surface area contributed by atoms with Crippen LogP contribution in [0.15, 0.2) is 48.5 Å². The van der Waals surface area contributed by atoms with E-state index in [1.807, 2.05) is 41.3 Å². The number of halogens is 1. The van der Waals surface area contributed by atoms with Crippen LogP contribution in [0.1, 0.15) is 35.2 Å². The molecule has 0 radical (unpaired) electrons. The Labute approximate surface area is 165 Å². The lowest BCUT2D eigenvalue weighted by atomic mass is 9.88. The largest absolute Gasteiger partial charge is 0.497 e. The molecule has 0 bridgehead atoms. The van der Waals surface area contributed by atoms with Gasteiger partial charge in [-0.1, -0.05) is 29.8 Å². The van der Waals surface area contributed by atoms with Crippen LogP contribution in [0, 0.1) is 5.92 Å². The van der Waals surface area contributed by atoms with E-state index < -0.39 is 0 Å². The third-order valence-corrected chi connectivity index (χ3v) is 5.53. The van der Waals surface area contributed by atoms with Crippen molar-refractivity contribution >= 4 is 23.3 Å². The van der Waals surface area contributed by atoms with Gasteiger partial charge in [-0.2, -0.15) is 0 Å². The van der Waals surface area contributed by atoms with E-state index in [0.717, 1.165) is 11.3 Å². The number of nitrogens with zero attached hydrogens (tertiary/aromatic N) is 1. The predicted octanol–water partition coefficient (Wildman–Crippen LogP) is 4.40. The fourth-order valence-electron chi connectivity index (χ4n) is 3.48. The lowest BCUT2D eigenvalue weighted by molar-refractivity contribution is -0.132. The Balaban J connectivity index is 1.49. The van der Waals surface area contributed by atoms with Crippen LogP contribution >= 0.6 is 11.6 Å². The standard InChI is InChI=1S/C22H24ClNO3/c1-27-19-9-6-17(7-10-19)22(26)18-12-14-24(15-13-18)21(25)11-8-16-4-2-3-5-20(16)23/h2-7,9-10,18H,8,11-15H2,1H3.